The number of fused-ring (bicyclic) bond motifs is 3. The fourth-order valence-electron chi connectivity index (χ4n) is 14.9. The zero-order valence-corrected chi connectivity index (χ0v) is 63.2. The van der Waals surface area contributed by atoms with Crippen LogP contribution >= 0.6 is 0 Å². The fraction of sp³-hybridized carbons (Fsp3) is 0.632. The fourth-order valence-corrected chi connectivity index (χ4v) is 14.9. The third-order valence-corrected chi connectivity index (χ3v) is 22.1. The Morgan fingerprint density at radius 2 is 1.38 bits per heavy atom. The van der Waals surface area contributed by atoms with Gasteiger partial charge in [-0.25, -0.2) is 8.78 Å². The minimum absolute atomic E-state index is 0.0378. The van der Waals surface area contributed by atoms with E-state index in [1.54, 1.807) is 63.3 Å². The Bertz CT molecular complexity index is 3560. The summed E-state index contributed by atoms with van der Waals surface area (Å²) in [5.74, 6) is -14.0. The van der Waals surface area contributed by atoms with E-state index < -0.39 is 198 Å². The van der Waals surface area contributed by atoms with E-state index in [4.69, 9.17) is 4.74 Å². The summed E-state index contributed by atoms with van der Waals surface area (Å²) in [4.78, 5) is 192. The number of hydrogen-bond donors (Lipinski definition) is 3. The van der Waals surface area contributed by atoms with Gasteiger partial charge in [-0.15, -0.1) is 6.58 Å². The summed E-state index contributed by atoms with van der Waals surface area (Å²) in [6, 6.07) is -3.06. The van der Waals surface area contributed by atoms with E-state index in [9.17, 15) is 37.1 Å². The Balaban J connectivity index is 1.34. The molecule has 25 nitrogen and oxygen atoms in total. The van der Waals surface area contributed by atoms with Gasteiger partial charge in [0, 0.05) is 88.9 Å². The van der Waals surface area contributed by atoms with E-state index in [0.29, 0.717) is 69.1 Å². The molecule has 12 amide bonds. The van der Waals surface area contributed by atoms with Crippen molar-refractivity contribution in [2.24, 2.45) is 11.8 Å². The lowest BCUT2D eigenvalue weighted by atomic mass is 9.74. The van der Waals surface area contributed by atoms with Gasteiger partial charge in [-0.3, -0.25) is 57.5 Å². The maximum atomic E-state index is 15.6. The van der Waals surface area contributed by atoms with E-state index >= 15 is 42.3 Å². The molecule has 0 radical (unpaired) electrons. The van der Waals surface area contributed by atoms with Crippen molar-refractivity contribution in [3.63, 3.8) is 0 Å². The molecular formula is C76H107F5N12O13. The molecule has 3 aliphatic heterocycles. The van der Waals surface area contributed by atoms with Crippen molar-refractivity contribution in [1.29, 1.82) is 0 Å². The van der Waals surface area contributed by atoms with Crippen molar-refractivity contribution in [2.45, 2.75) is 209 Å². The number of halogens is 5. The number of hydrogen-bond acceptors (Lipinski definition) is 13. The van der Waals surface area contributed by atoms with E-state index in [1.807, 2.05) is 6.92 Å². The van der Waals surface area contributed by atoms with Gasteiger partial charge in [0.1, 0.15) is 71.1 Å². The molecule has 30 heteroatoms. The molecule has 0 aromatic heterocycles. The van der Waals surface area contributed by atoms with Crippen LogP contribution in [0.3, 0.4) is 0 Å². The standard InChI is InChI=1S/C76H107F5N12O13/c1-14-17-19-27-55-66(97)83-64(47(5)15-2)72(103)87(8)45-62(96)89(10)56-28-20-18-23-37-92(71(56)102)59(40-48-31-29-46(4)30-32-48)70(101)86(7)44-60(94)82-54(34-33-49-38-52(77)63(53(78)39-49)76(79,80)81)68(99)93-43-51(106-13)41-57(93)67(98)84-75(35-24-36-75)74(105)91(12)65(50-25-21-22-26-50)73(104)90(11)58(42-61(95)88(55)9)69(100)85(6)16-3/h14,18,20,29-32,38-39,47,50-51,54-59,64-65H,1,15-17,19,21-28,33-37,40-45H2,2-13H3,(H,82,94)(H,83,97)(H,84,98)/b20-18-/t47-,51+,54-,55?,56-,57-,58-,59?,64?,65-/m0/s1. The van der Waals surface area contributed by atoms with Crippen molar-refractivity contribution in [1.82, 2.24) is 60.0 Å². The van der Waals surface area contributed by atoms with Gasteiger partial charge in [-0.2, -0.15) is 13.2 Å². The van der Waals surface area contributed by atoms with Crippen LogP contribution in [0.4, 0.5) is 22.0 Å². The zero-order valence-electron chi connectivity index (χ0n) is 63.2. The maximum absolute atomic E-state index is 15.6. The Kier molecular flexibility index (Phi) is 29.6. The van der Waals surface area contributed by atoms with Crippen LogP contribution in [0.5, 0.6) is 0 Å². The van der Waals surface area contributed by atoms with Crippen LogP contribution in [-0.4, -0.2) is 264 Å². The van der Waals surface area contributed by atoms with Gasteiger partial charge in [0.2, 0.25) is 70.9 Å². The van der Waals surface area contributed by atoms with Crippen LogP contribution in [0.2, 0.25) is 0 Å². The topological polar surface area (TPSA) is 279 Å². The average Bonchev–Trinajstić information content (AvgIpc) is 1.22. The highest BCUT2D eigenvalue weighted by Gasteiger charge is 2.54. The summed E-state index contributed by atoms with van der Waals surface area (Å²) < 4.78 is 77.6. The third-order valence-electron chi connectivity index (χ3n) is 22.1. The minimum Gasteiger partial charge on any atom is -0.380 e. The molecule has 5 aliphatic rings. The number of ether oxygens (including phenoxy) is 1. The van der Waals surface area contributed by atoms with Gasteiger partial charge in [0.15, 0.2) is 0 Å². The highest BCUT2D eigenvalue weighted by Crippen LogP contribution is 2.39. The van der Waals surface area contributed by atoms with Gasteiger partial charge in [-0.1, -0.05) is 81.2 Å². The van der Waals surface area contributed by atoms with Gasteiger partial charge in [-0.05, 0) is 126 Å². The number of nitrogens with one attached hydrogen (secondary N) is 3. The number of allylic oxidation sites excluding steroid dienone is 1. The zero-order chi connectivity index (χ0) is 78.4. The second kappa shape index (κ2) is 37.1. The van der Waals surface area contributed by atoms with Crippen molar-refractivity contribution in [2.75, 3.05) is 89.2 Å². The van der Waals surface area contributed by atoms with Crippen LogP contribution in [-0.2, 0) is 81.3 Å². The number of aryl methyl sites for hydroxylation is 2. The monoisotopic (exact) mass is 1490 g/mol. The lowest BCUT2D eigenvalue weighted by Gasteiger charge is -2.46. The van der Waals surface area contributed by atoms with Crippen molar-refractivity contribution >= 4 is 70.9 Å². The van der Waals surface area contributed by atoms with Gasteiger partial charge < -0.3 is 64.8 Å². The second-order valence-corrected chi connectivity index (χ2v) is 29.3. The molecule has 2 aromatic carbocycles. The number of carbonyl (C=O) groups excluding carboxylic acids is 12. The summed E-state index contributed by atoms with van der Waals surface area (Å²) in [5, 5.41) is 8.43. The number of unbranched alkanes of at least 4 members (excludes halogenated alkanes) is 1. The molecule has 3 N–H and O–H groups in total. The molecule has 3 heterocycles. The molecule has 2 aromatic rings. The molecule has 106 heavy (non-hydrogen) atoms. The van der Waals surface area contributed by atoms with Crippen molar-refractivity contribution < 1.29 is 84.2 Å². The van der Waals surface area contributed by atoms with Crippen LogP contribution in [0.15, 0.2) is 61.2 Å². The van der Waals surface area contributed by atoms with Gasteiger partial charge in [0.05, 0.1) is 25.6 Å². The summed E-state index contributed by atoms with van der Waals surface area (Å²) in [5.41, 5.74) is -2.69. The Morgan fingerprint density at radius 1 is 0.736 bits per heavy atom. The quantitative estimate of drug-likeness (QED) is 0.116. The number of alkyl halides is 3. The molecular weight excluding hydrogens is 1380 g/mol. The first kappa shape index (κ1) is 84.4. The molecule has 4 fully saturated rings. The summed E-state index contributed by atoms with van der Waals surface area (Å²) in [6.07, 6.45) is 1.21. The Labute approximate surface area is 618 Å². The molecule has 2 aliphatic carbocycles. The lowest BCUT2D eigenvalue weighted by molar-refractivity contribution is -0.158. The number of nitrogens with zero attached hydrogens (tertiary/aromatic N) is 9. The summed E-state index contributed by atoms with van der Waals surface area (Å²) in [7, 11) is 11.0. The summed E-state index contributed by atoms with van der Waals surface area (Å²) in [6.45, 7) is 9.31. The first-order chi connectivity index (χ1) is 50.0. The Morgan fingerprint density at radius 3 is 1.96 bits per heavy atom. The van der Waals surface area contributed by atoms with Crippen LogP contribution < -0.4 is 16.0 Å². The molecule has 2 saturated carbocycles. The molecule has 3 unspecified atom stereocenters. The molecule has 10 atom stereocenters. The molecule has 1 spiro atoms. The average molecular weight is 1490 g/mol. The van der Waals surface area contributed by atoms with Crippen molar-refractivity contribution in [3.05, 3.63) is 95.1 Å². The number of methoxy groups -OCH3 is 1. The summed E-state index contributed by atoms with van der Waals surface area (Å²) >= 11 is 0. The largest absolute Gasteiger partial charge is 0.422 e. The van der Waals surface area contributed by atoms with Gasteiger partial charge >= 0.3 is 6.18 Å². The highest BCUT2D eigenvalue weighted by atomic mass is 19.4. The van der Waals surface area contributed by atoms with Crippen LogP contribution in [0.25, 0.3) is 0 Å². The molecule has 2 saturated heterocycles. The predicted octanol–water partition coefficient (Wildman–Crippen LogP) is 5.34. The molecule has 7 rings (SSSR count). The number of carbonyl (C=O) groups is 12. The van der Waals surface area contributed by atoms with E-state index in [-0.39, 0.29) is 70.1 Å². The molecule has 584 valence electrons. The number of likely N-dealkylation sites (N-methyl/N-ethyl adjacent to an activating group) is 7. The number of benzene rings is 2. The van der Waals surface area contributed by atoms with E-state index in [2.05, 4.69) is 22.5 Å². The van der Waals surface area contributed by atoms with E-state index in [0.717, 1.165) is 25.2 Å². The number of amides is 12. The van der Waals surface area contributed by atoms with Crippen LogP contribution in [0.1, 0.15) is 146 Å². The first-order valence-corrected chi connectivity index (χ1v) is 36.8. The van der Waals surface area contributed by atoms with E-state index in [1.165, 1.54) is 80.9 Å². The number of rotatable bonds is 15. The highest BCUT2D eigenvalue weighted by molar-refractivity contribution is 6.01. The predicted molar refractivity (Wildman–Crippen MR) is 383 cm³/mol. The SMILES string of the molecule is C=CCCCC1C(=O)NC([C@@H](C)CC)C(=O)N(C)CC(=O)N(C)[C@H]2C/C=C\CCN(C2=O)C(Cc2ccc(C)cc2)C(=O)N(C)CC(=O)N[C@@H](CCc2cc(F)c(C(F)(F)F)c(F)c2)C(=O)N2C[C@H](OC)C[C@H]2C(=O)NC2(CCC2)C(=O)N(C)[C@@H](C2CCCC2)C(=O)N(C)[C@H](C(=O)N(C)CC)CC(=O)N1C. The minimum atomic E-state index is -5.42. The normalized spacial score (nSPS) is 26.1. The van der Waals surface area contributed by atoms with Crippen molar-refractivity contribution in [3.8, 4) is 0 Å². The smallest absolute Gasteiger partial charge is 0.380 e. The Hall–Kier alpha value is -8.83. The third kappa shape index (κ3) is 20.0. The second-order valence-electron chi connectivity index (χ2n) is 29.3. The maximum Gasteiger partial charge on any atom is 0.422 e. The molecule has 2 bridgehead atoms. The van der Waals surface area contributed by atoms with Gasteiger partial charge in [0.25, 0.3) is 0 Å². The first-order valence-electron chi connectivity index (χ1n) is 36.8. The van der Waals surface area contributed by atoms with Crippen LogP contribution in [0, 0.1) is 30.4 Å². The lowest BCUT2D eigenvalue weighted by Crippen LogP contribution is -2.68.